The van der Waals surface area contributed by atoms with Crippen molar-refractivity contribution in [3.8, 4) is 10.7 Å². The van der Waals surface area contributed by atoms with Gasteiger partial charge in [-0.2, -0.15) is 0 Å². The molecule has 1 aliphatic heterocycles. The minimum atomic E-state index is 0.301. The summed E-state index contributed by atoms with van der Waals surface area (Å²) in [6.07, 6.45) is 4.98. The van der Waals surface area contributed by atoms with Gasteiger partial charge in [0, 0.05) is 25.7 Å². The Kier molecular flexibility index (Phi) is 5.63. The normalized spacial score (nSPS) is 19.3. The van der Waals surface area contributed by atoms with Gasteiger partial charge in [0.15, 0.2) is 10.6 Å². The maximum atomic E-state index is 5.92. The summed E-state index contributed by atoms with van der Waals surface area (Å²) in [6, 6.07) is 15.4. The molecule has 3 aromatic rings. The first kappa shape index (κ1) is 19.2. The van der Waals surface area contributed by atoms with E-state index in [1.165, 1.54) is 23.3 Å². The molecule has 5 rings (SSSR count). The van der Waals surface area contributed by atoms with Crippen LogP contribution in [0.4, 0.5) is 0 Å². The van der Waals surface area contributed by atoms with Crippen LogP contribution in [0, 0.1) is 4.77 Å². The first-order valence-electron chi connectivity index (χ1n) is 10.4. The van der Waals surface area contributed by atoms with Crippen molar-refractivity contribution in [1.82, 2.24) is 19.2 Å². The van der Waals surface area contributed by atoms with Crippen LogP contribution in [0.15, 0.2) is 47.8 Å². The smallest absolute Gasteiger partial charge is 0.199 e. The zero-order valence-corrected chi connectivity index (χ0v) is 18.1. The van der Waals surface area contributed by atoms with Crippen LogP contribution in [0.25, 0.3) is 10.7 Å². The first-order valence-corrected chi connectivity index (χ1v) is 11.7. The molecule has 2 aromatic heterocycles. The fourth-order valence-corrected chi connectivity index (χ4v) is 5.07. The SMILES string of the molecule is S=c1n(CN(Cc2ccccc2)CC2CCCO2)nc(-c2cccs2)n1C1CC1. The Morgan fingerprint density at radius 2 is 2.00 bits per heavy atom. The molecule has 1 aliphatic carbocycles. The van der Waals surface area contributed by atoms with E-state index in [-0.39, 0.29) is 0 Å². The van der Waals surface area contributed by atoms with Gasteiger partial charge < -0.3 is 4.74 Å². The van der Waals surface area contributed by atoms with Crippen molar-refractivity contribution < 1.29 is 4.74 Å². The van der Waals surface area contributed by atoms with Gasteiger partial charge in [0.05, 0.1) is 17.6 Å². The molecule has 152 valence electrons. The highest BCUT2D eigenvalue weighted by molar-refractivity contribution is 7.71. The fourth-order valence-electron chi connectivity index (χ4n) is 4.03. The summed E-state index contributed by atoms with van der Waals surface area (Å²) in [7, 11) is 0. The Morgan fingerprint density at radius 1 is 1.14 bits per heavy atom. The summed E-state index contributed by atoms with van der Waals surface area (Å²) in [6.45, 7) is 3.34. The van der Waals surface area contributed by atoms with E-state index in [1.807, 2.05) is 4.68 Å². The predicted octanol–water partition coefficient (Wildman–Crippen LogP) is 5.12. The second kappa shape index (κ2) is 8.52. The average Bonchev–Trinajstić information content (AvgIpc) is 3.12. The Labute approximate surface area is 180 Å². The van der Waals surface area contributed by atoms with Gasteiger partial charge in [-0.25, -0.2) is 4.68 Å². The zero-order chi connectivity index (χ0) is 19.6. The molecule has 1 saturated heterocycles. The number of nitrogens with zero attached hydrogens (tertiary/aromatic N) is 4. The number of ether oxygens (including phenoxy) is 1. The quantitative estimate of drug-likeness (QED) is 0.469. The Bertz CT molecular complexity index is 986. The van der Waals surface area contributed by atoms with Crippen molar-refractivity contribution in [2.75, 3.05) is 13.2 Å². The number of rotatable bonds is 8. The van der Waals surface area contributed by atoms with Gasteiger partial charge in [-0.1, -0.05) is 36.4 Å². The minimum absolute atomic E-state index is 0.301. The highest BCUT2D eigenvalue weighted by Gasteiger charge is 2.30. The van der Waals surface area contributed by atoms with Crippen molar-refractivity contribution >= 4 is 23.6 Å². The second-order valence-corrected chi connectivity index (χ2v) is 9.27. The molecule has 1 aromatic carbocycles. The molecule has 0 amide bonds. The van der Waals surface area contributed by atoms with E-state index in [2.05, 4.69) is 57.3 Å². The van der Waals surface area contributed by atoms with Gasteiger partial charge in [-0.3, -0.25) is 9.47 Å². The highest BCUT2D eigenvalue weighted by atomic mass is 32.1. The lowest BCUT2D eigenvalue weighted by Crippen LogP contribution is -2.34. The number of benzene rings is 1. The third-order valence-corrected chi connectivity index (χ3v) is 6.87. The van der Waals surface area contributed by atoms with Gasteiger partial charge in [-0.15, -0.1) is 16.4 Å². The molecule has 1 saturated carbocycles. The molecule has 3 heterocycles. The lowest BCUT2D eigenvalue weighted by atomic mass is 10.2. The molecule has 1 unspecified atom stereocenters. The van der Waals surface area contributed by atoms with Gasteiger partial charge in [0.25, 0.3) is 0 Å². The molecule has 0 radical (unpaired) electrons. The van der Waals surface area contributed by atoms with Gasteiger partial charge in [-0.05, 0) is 54.9 Å². The van der Waals surface area contributed by atoms with Crippen LogP contribution in [0.5, 0.6) is 0 Å². The van der Waals surface area contributed by atoms with E-state index in [4.69, 9.17) is 22.1 Å². The van der Waals surface area contributed by atoms with Gasteiger partial charge >= 0.3 is 0 Å². The molecule has 0 N–H and O–H groups in total. The van der Waals surface area contributed by atoms with Crippen LogP contribution in [0.3, 0.4) is 0 Å². The van der Waals surface area contributed by atoms with E-state index in [0.717, 1.165) is 43.1 Å². The molecular formula is C22H26N4OS2. The lowest BCUT2D eigenvalue weighted by Gasteiger charge is -2.25. The molecule has 0 bridgehead atoms. The summed E-state index contributed by atoms with van der Waals surface area (Å²) in [5.74, 6) is 1.02. The monoisotopic (exact) mass is 426 g/mol. The molecular weight excluding hydrogens is 400 g/mol. The molecule has 2 aliphatic rings. The maximum absolute atomic E-state index is 5.92. The summed E-state index contributed by atoms with van der Waals surface area (Å²) < 4.78 is 11.0. The largest absolute Gasteiger partial charge is 0.377 e. The van der Waals surface area contributed by atoms with Crippen LogP contribution in [-0.4, -0.2) is 38.5 Å². The van der Waals surface area contributed by atoms with Crippen molar-refractivity contribution in [2.45, 2.75) is 51.0 Å². The fraction of sp³-hybridized carbons (Fsp3) is 0.455. The molecule has 5 nitrogen and oxygen atoms in total. The van der Waals surface area contributed by atoms with Crippen molar-refractivity contribution in [3.05, 3.63) is 58.2 Å². The van der Waals surface area contributed by atoms with Crippen molar-refractivity contribution in [3.63, 3.8) is 0 Å². The van der Waals surface area contributed by atoms with Crippen LogP contribution >= 0.6 is 23.6 Å². The number of hydrogen-bond acceptors (Lipinski definition) is 5. The number of hydrogen-bond donors (Lipinski definition) is 0. The van der Waals surface area contributed by atoms with E-state index < -0.39 is 0 Å². The van der Waals surface area contributed by atoms with E-state index in [1.54, 1.807) is 11.3 Å². The van der Waals surface area contributed by atoms with Gasteiger partial charge in [0.2, 0.25) is 0 Å². The van der Waals surface area contributed by atoms with Crippen LogP contribution in [0.2, 0.25) is 0 Å². The third-order valence-electron chi connectivity index (χ3n) is 5.59. The van der Waals surface area contributed by atoms with E-state index in [0.29, 0.717) is 18.8 Å². The Balaban J connectivity index is 1.43. The average molecular weight is 427 g/mol. The minimum Gasteiger partial charge on any atom is -0.377 e. The summed E-state index contributed by atoms with van der Waals surface area (Å²) in [5, 5.41) is 7.08. The molecule has 0 spiro atoms. The summed E-state index contributed by atoms with van der Waals surface area (Å²) >= 11 is 7.61. The number of thiophene rings is 1. The predicted molar refractivity (Wildman–Crippen MR) is 118 cm³/mol. The van der Waals surface area contributed by atoms with Crippen molar-refractivity contribution in [2.24, 2.45) is 0 Å². The topological polar surface area (TPSA) is 35.2 Å². The van der Waals surface area contributed by atoms with Crippen LogP contribution < -0.4 is 0 Å². The Hall–Kier alpha value is -1.80. The zero-order valence-electron chi connectivity index (χ0n) is 16.4. The number of aromatic nitrogens is 3. The van der Waals surface area contributed by atoms with Crippen LogP contribution in [0.1, 0.15) is 37.3 Å². The second-order valence-electron chi connectivity index (χ2n) is 7.96. The molecule has 29 heavy (non-hydrogen) atoms. The highest BCUT2D eigenvalue weighted by Crippen LogP contribution is 2.39. The maximum Gasteiger partial charge on any atom is 0.199 e. The lowest BCUT2D eigenvalue weighted by molar-refractivity contribution is 0.0567. The first-order chi connectivity index (χ1) is 14.3. The van der Waals surface area contributed by atoms with Gasteiger partial charge in [0.1, 0.15) is 0 Å². The van der Waals surface area contributed by atoms with E-state index in [9.17, 15) is 0 Å². The third kappa shape index (κ3) is 4.38. The van der Waals surface area contributed by atoms with Crippen molar-refractivity contribution in [1.29, 1.82) is 0 Å². The Morgan fingerprint density at radius 3 is 2.69 bits per heavy atom. The van der Waals surface area contributed by atoms with Crippen LogP contribution in [-0.2, 0) is 18.0 Å². The summed E-state index contributed by atoms with van der Waals surface area (Å²) in [5.41, 5.74) is 1.30. The molecule has 2 fully saturated rings. The standard InChI is InChI=1S/C22H26N4OS2/c28-22-25(23-21(20-9-5-13-29-20)26(22)18-10-11-18)16-24(15-19-8-4-12-27-19)14-17-6-2-1-3-7-17/h1-3,5-7,9,13,18-19H,4,8,10-12,14-16H2. The van der Waals surface area contributed by atoms with E-state index >= 15 is 0 Å². The summed E-state index contributed by atoms with van der Waals surface area (Å²) in [4.78, 5) is 3.61. The molecule has 1 atom stereocenters. The molecule has 7 heteroatoms.